The van der Waals surface area contributed by atoms with Crippen molar-refractivity contribution in [2.45, 2.75) is 63.5 Å². The summed E-state index contributed by atoms with van der Waals surface area (Å²) in [6.45, 7) is 4.03. The van der Waals surface area contributed by atoms with Crippen molar-refractivity contribution in [3.63, 3.8) is 0 Å². The second kappa shape index (κ2) is 28.4. The lowest BCUT2D eigenvalue weighted by atomic mass is 9.71. The summed E-state index contributed by atoms with van der Waals surface area (Å²) in [7, 11) is 1.47. The molecule has 0 bridgehead atoms. The Morgan fingerprint density at radius 2 is 1.46 bits per heavy atom. The number of hydrogen-bond acceptors (Lipinski definition) is 15. The quantitative estimate of drug-likeness (QED) is 0.0206. The van der Waals surface area contributed by atoms with Crippen LogP contribution in [0.5, 0.6) is 0 Å². The van der Waals surface area contributed by atoms with E-state index in [1.54, 1.807) is 30.5 Å². The number of aryl methyl sites for hydroxylation is 1. The van der Waals surface area contributed by atoms with Gasteiger partial charge in [-0.05, 0) is 134 Å². The summed E-state index contributed by atoms with van der Waals surface area (Å²) < 4.78 is 43.2. The van der Waals surface area contributed by atoms with Gasteiger partial charge in [-0.3, -0.25) is 43.0 Å². The smallest absolute Gasteiger partial charge is 0.347 e. The van der Waals surface area contributed by atoms with Gasteiger partial charge in [0.25, 0.3) is 11.1 Å². The monoisotopic (exact) mass is 1340 g/mol. The Balaban J connectivity index is 0.543. The number of benzene rings is 4. The fraction of sp³-hybridized carbons (Fsp3) is 0.338. The number of halogens is 2. The molecule has 9 aromatic rings. The van der Waals surface area contributed by atoms with Gasteiger partial charge in [-0.15, -0.1) is 0 Å². The molecule has 25 heteroatoms. The zero-order valence-electron chi connectivity index (χ0n) is 49.7. The highest BCUT2D eigenvalue weighted by Gasteiger charge is 2.39. The minimum absolute atomic E-state index is 0.0166. The number of anilines is 3. The van der Waals surface area contributed by atoms with Crippen LogP contribution in [0.3, 0.4) is 0 Å². The van der Waals surface area contributed by atoms with Crippen LogP contribution in [0.15, 0.2) is 135 Å². The molecule has 23 nitrogen and oxygen atoms in total. The number of carbonyl (C=O) groups is 3. The number of aromatic nitrogens is 7. The van der Waals surface area contributed by atoms with E-state index in [1.165, 1.54) is 45.7 Å². The highest BCUT2D eigenvalue weighted by Crippen LogP contribution is 2.43. The first-order chi connectivity index (χ1) is 43.7. The predicted molar refractivity (Wildman–Crippen MR) is 347 cm³/mol. The van der Waals surface area contributed by atoms with Gasteiger partial charge in [0.2, 0.25) is 17.7 Å². The van der Waals surface area contributed by atoms with Crippen molar-refractivity contribution in [1.29, 1.82) is 0 Å². The molecule has 5 aromatic heterocycles. The van der Waals surface area contributed by atoms with E-state index in [0.29, 0.717) is 87.6 Å². The number of hydrogen-bond donors (Lipinski definition) is 6. The Labute approximate surface area is 528 Å². The molecule has 2 aliphatic rings. The van der Waals surface area contributed by atoms with Gasteiger partial charge in [0.15, 0.2) is 5.65 Å². The molecule has 90 heavy (non-hydrogen) atoms. The van der Waals surface area contributed by atoms with Crippen LogP contribution in [0.1, 0.15) is 62.1 Å². The van der Waals surface area contributed by atoms with Gasteiger partial charge in [-0.25, -0.2) is 28.5 Å². The van der Waals surface area contributed by atoms with E-state index in [-0.39, 0.29) is 75.7 Å². The maximum atomic E-state index is 15.1. The SMILES string of the molecule is Cc1c(=O)n(C)c(Nc2ccc(I)cc2F)c2c(=O)n(C3CC3)c(=O)n(-c3cccc(NC(=O)COCC(=O)NCCCOCCOCCOCCCNC(=O)CNC4(c5ccc(-c6nc7ccn8c(=O)[nH]nc8c7cc6-c6ccccc6)cc5)CCC4)c3)c12. The summed E-state index contributed by atoms with van der Waals surface area (Å²) in [5.41, 5.74) is 4.38. The second-order valence-electron chi connectivity index (χ2n) is 22.3. The number of amides is 3. The normalized spacial score (nSPS) is 13.6. The highest BCUT2D eigenvalue weighted by molar-refractivity contribution is 14.1. The molecule has 4 aromatic carbocycles. The number of ether oxygens (including phenoxy) is 4. The molecular formula is C65H68FIN12O11. The lowest BCUT2D eigenvalue weighted by molar-refractivity contribution is -0.128. The van der Waals surface area contributed by atoms with Crippen molar-refractivity contribution in [2.24, 2.45) is 7.05 Å². The summed E-state index contributed by atoms with van der Waals surface area (Å²) in [4.78, 5) is 98.0. The van der Waals surface area contributed by atoms with E-state index in [9.17, 15) is 33.6 Å². The topological polar surface area (TPSA) is 277 Å². The zero-order chi connectivity index (χ0) is 62.9. The van der Waals surface area contributed by atoms with Gasteiger partial charge in [0, 0.05) is 82.5 Å². The summed E-state index contributed by atoms with van der Waals surface area (Å²) in [5.74, 6) is -1.65. The molecule has 0 radical (unpaired) electrons. The maximum Gasteiger partial charge on any atom is 0.347 e. The predicted octanol–water partition coefficient (Wildman–Crippen LogP) is 6.89. The largest absolute Gasteiger partial charge is 0.379 e. The van der Waals surface area contributed by atoms with Crippen LogP contribution in [-0.2, 0) is 45.9 Å². The third kappa shape index (κ3) is 14.1. The van der Waals surface area contributed by atoms with Crippen LogP contribution >= 0.6 is 22.6 Å². The van der Waals surface area contributed by atoms with Gasteiger partial charge < -0.3 is 40.2 Å². The number of nitrogens with zero attached hydrogens (tertiary/aromatic N) is 6. The molecule has 2 saturated carbocycles. The number of fused-ring (bicyclic) bond motifs is 4. The number of aromatic amines is 1. The molecule has 0 atom stereocenters. The van der Waals surface area contributed by atoms with Crippen molar-refractivity contribution >= 4 is 85.0 Å². The molecule has 6 N–H and O–H groups in total. The van der Waals surface area contributed by atoms with Crippen LogP contribution in [-0.4, -0.2) is 123 Å². The van der Waals surface area contributed by atoms with Crippen LogP contribution < -0.4 is 49.1 Å². The molecule has 468 valence electrons. The maximum absolute atomic E-state index is 15.1. The number of rotatable bonds is 29. The molecule has 3 amide bonds. The van der Waals surface area contributed by atoms with E-state index in [1.807, 2.05) is 65.1 Å². The standard InChI is InChI=1S/C65H68FIN12O11/c1-40-58-56(60(76(2)61(40)83)73-52-21-18-44(67)34-50(52)66)62(84)79(46-19-20-46)64(86)78(58)47-13-6-12-45(35-47)71-55(82)39-90-38-54(81)69-26-9-29-88-31-33-89-32-30-87-28-8-25-68-53(80)37-70-65(23-7-24-65)43-16-14-42(15-17-43)57-48(41-10-4-3-5-11-41)36-49-51(72-57)22-27-77-59(49)74-75-63(77)85/h3-6,10-18,21-22,27,34-36,46,70,73H,7-9,19-20,23-26,28-33,37-39H2,1-2H3,(H,68,80)(H,69,81)(H,71,82)(H,75,85). The number of nitrogens with one attached hydrogen (secondary N) is 6. The molecule has 0 aliphatic heterocycles. The van der Waals surface area contributed by atoms with Crippen LogP contribution in [0.25, 0.3) is 55.5 Å². The van der Waals surface area contributed by atoms with E-state index < -0.39 is 41.0 Å². The van der Waals surface area contributed by atoms with E-state index in [4.69, 9.17) is 23.9 Å². The molecule has 2 fully saturated rings. The minimum atomic E-state index is -0.664. The summed E-state index contributed by atoms with van der Waals surface area (Å²) >= 11 is 1.98. The first-order valence-corrected chi connectivity index (χ1v) is 31.0. The van der Waals surface area contributed by atoms with Crippen molar-refractivity contribution in [3.8, 4) is 28.1 Å². The van der Waals surface area contributed by atoms with Gasteiger partial charge in [0.1, 0.15) is 30.2 Å². The average molecular weight is 1340 g/mol. The van der Waals surface area contributed by atoms with Crippen LogP contribution in [0.2, 0.25) is 0 Å². The Kier molecular flexibility index (Phi) is 19.8. The average Bonchev–Trinajstić information content (AvgIpc) is 1.14. The van der Waals surface area contributed by atoms with Crippen molar-refractivity contribution in [1.82, 2.24) is 49.2 Å². The van der Waals surface area contributed by atoms with E-state index in [0.717, 1.165) is 62.7 Å². The Bertz CT molecular complexity index is 4390. The summed E-state index contributed by atoms with van der Waals surface area (Å²) in [6.07, 6.45) is 6.96. The third-order valence-electron chi connectivity index (χ3n) is 16.1. The fourth-order valence-corrected chi connectivity index (χ4v) is 11.6. The third-order valence-corrected chi connectivity index (χ3v) is 16.8. The van der Waals surface area contributed by atoms with Crippen LogP contribution in [0.4, 0.5) is 21.6 Å². The van der Waals surface area contributed by atoms with Gasteiger partial charge in [-0.1, -0.05) is 60.7 Å². The van der Waals surface area contributed by atoms with Gasteiger partial charge in [-0.2, -0.15) is 5.10 Å². The Morgan fingerprint density at radius 3 is 2.14 bits per heavy atom. The lowest BCUT2D eigenvalue weighted by Crippen LogP contribution is -2.51. The minimum Gasteiger partial charge on any atom is -0.379 e. The lowest BCUT2D eigenvalue weighted by Gasteiger charge is -2.43. The van der Waals surface area contributed by atoms with Crippen molar-refractivity contribution in [3.05, 3.63) is 178 Å². The molecular weight excluding hydrogens is 1270 g/mol. The van der Waals surface area contributed by atoms with Crippen molar-refractivity contribution < 1.29 is 37.7 Å². The van der Waals surface area contributed by atoms with Gasteiger partial charge >= 0.3 is 11.4 Å². The number of H-pyrrole nitrogens is 1. The number of carbonyl (C=O) groups excluding carboxylic acids is 3. The molecule has 0 spiro atoms. The second-order valence-corrected chi connectivity index (χ2v) is 23.5. The highest BCUT2D eigenvalue weighted by atomic mass is 127. The molecule has 0 unspecified atom stereocenters. The van der Waals surface area contributed by atoms with Gasteiger partial charge in [0.05, 0.1) is 61.1 Å². The van der Waals surface area contributed by atoms with Crippen LogP contribution in [0, 0.1) is 16.3 Å². The Morgan fingerprint density at radius 1 is 0.756 bits per heavy atom. The zero-order valence-corrected chi connectivity index (χ0v) is 51.9. The number of pyridine rings is 3. The van der Waals surface area contributed by atoms with E-state index >= 15 is 4.39 Å². The molecule has 0 saturated heterocycles. The molecule has 11 rings (SSSR count). The first kappa shape index (κ1) is 62.9. The molecule has 5 heterocycles. The fourth-order valence-electron chi connectivity index (χ4n) is 11.2. The summed E-state index contributed by atoms with van der Waals surface area (Å²) in [6, 6.07) is 32.8. The Hall–Kier alpha value is -8.73. The molecule has 2 aliphatic carbocycles. The first-order valence-electron chi connectivity index (χ1n) is 29.9. The van der Waals surface area contributed by atoms with Crippen molar-refractivity contribution in [2.75, 3.05) is 83.1 Å². The van der Waals surface area contributed by atoms with E-state index in [2.05, 4.69) is 61.0 Å². The summed E-state index contributed by atoms with van der Waals surface area (Å²) in [5, 5.41) is 22.5.